The van der Waals surface area contributed by atoms with E-state index >= 15 is 0 Å². The van der Waals surface area contributed by atoms with Gasteiger partial charge in [-0.15, -0.1) is 0 Å². The fourth-order valence-corrected chi connectivity index (χ4v) is 1.66. The van der Waals surface area contributed by atoms with Crippen LogP contribution in [0, 0.1) is 18.6 Å². The Morgan fingerprint density at radius 2 is 1.94 bits per heavy atom. The summed E-state index contributed by atoms with van der Waals surface area (Å²) in [5, 5.41) is 12.9. The molecule has 0 spiro atoms. The molecular weight excluding hydrogens is 244 g/mol. The molecule has 1 aromatic heterocycles. The van der Waals surface area contributed by atoms with Crippen molar-refractivity contribution in [2.75, 3.05) is 0 Å². The minimum atomic E-state index is -1.36. The highest BCUT2D eigenvalue weighted by Crippen LogP contribution is 2.24. The second-order valence-corrected chi connectivity index (χ2v) is 3.72. The molecule has 0 bridgehead atoms. The Morgan fingerprint density at radius 1 is 1.33 bits per heavy atom. The molecule has 0 aliphatic heterocycles. The normalized spacial score (nSPS) is 10.7. The van der Waals surface area contributed by atoms with Gasteiger partial charge in [0.2, 0.25) is 0 Å². The average molecular weight is 253 g/mol. The van der Waals surface area contributed by atoms with Gasteiger partial charge < -0.3 is 5.11 Å². The van der Waals surface area contributed by atoms with Crippen molar-refractivity contribution in [2.24, 2.45) is 7.05 Å². The van der Waals surface area contributed by atoms with Crippen LogP contribution in [0.5, 0.6) is 0 Å². The van der Waals surface area contributed by atoms with Crippen LogP contribution < -0.4 is 0 Å². The van der Waals surface area contributed by atoms with Gasteiger partial charge in [-0.25, -0.2) is 23.2 Å². The van der Waals surface area contributed by atoms with Gasteiger partial charge in [-0.05, 0) is 19.1 Å². The maximum Gasteiger partial charge on any atom is 0.336 e. The molecule has 2 rings (SSSR count). The van der Waals surface area contributed by atoms with Crippen molar-refractivity contribution < 1.29 is 18.7 Å². The van der Waals surface area contributed by atoms with E-state index < -0.39 is 17.6 Å². The van der Waals surface area contributed by atoms with E-state index in [9.17, 15) is 13.6 Å². The third-order valence-corrected chi connectivity index (χ3v) is 2.40. The van der Waals surface area contributed by atoms with Crippen molar-refractivity contribution in [2.45, 2.75) is 6.92 Å². The van der Waals surface area contributed by atoms with Crippen molar-refractivity contribution in [1.29, 1.82) is 0 Å². The van der Waals surface area contributed by atoms with Gasteiger partial charge in [-0.3, -0.25) is 0 Å². The van der Waals surface area contributed by atoms with Gasteiger partial charge in [0.1, 0.15) is 5.82 Å². The van der Waals surface area contributed by atoms with E-state index in [1.165, 1.54) is 4.68 Å². The van der Waals surface area contributed by atoms with Gasteiger partial charge in [0.15, 0.2) is 17.5 Å². The number of aromatic nitrogens is 3. The number of carboxylic acids is 1. The Bertz CT molecular complexity index is 637. The second kappa shape index (κ2) is 4.17. The van der Waals surface area contributed by atoms with Gasteiger partial charge in [-0.2, -0.15) is 5.10 Å². The topological polar surface area (TPSA) is 68.0 Å². The molecule has 0 unspecified atom stereocenters. The molecule has 0 amide bonds. The molecule has 1 N–H and O–H groups in total. The van der Waals surface area contributed by atoms with Crippen LogP contribution >= 0.6 is 0 Å². The van der Waals surface area contributed by atoms with Crippen molar-refractivity contribution in [3.8, 4) is 11.4 Å². The lowest BCUT2D eigenvalue weighted by atomic mass is 10.1. The van der Waals surface area contributed by atoms with Gasteiger partial charge >= 0.3 is 5.97 Å². The van der Waals surface area contributed by atoms with Crippen LogP contribution in [-0.2, 0) is 7.05 Å². The zero-order chi connectivity index (χ0) is 13.4. The van der Waals surface area contributed by atoms with Crippen LogP contribution in [0.3, 0.4) is 0 Å². The number of nitrogens with zero attached hydrogens (tertiary/aromatic N) is 3. The molecule has 7 heteroatoms. The fourth-order valence-electron chi connectivity index (χ4n) is 1.66. The summed E-state index contributed by atoms with van der Waals surface area (Å²) in [6.45, 7) is 1.61. The quantitative estimate of drug-likeness (QED) is 0.885. The first kappa shape index (κ1) is 12.2. The third kappa shape index (κ3) is 1.94. The van der Waals surface area contributed by atoms with Crippen molar-refractivity contribution in [3.63, 3.8) is 0 Å². The molecule has 1 aromatic carbocycles. The number of hydrogen-bond donors (Lipinski definition) is 1. The Hall–Kier alpha value is -2.31. The molecule has 1 heterocycles. The van der Waals surface area contributed by atoms with Crippen LogP contribution in [-0.4, -0.2) is 25.8 Å². The predicted octanol–water partition coefficient (Wildman–Crippen LogP) is 1.77. The lowest BCUT2D eigenvalue weighted by Crippen LogP contribution is -2.05. The van der Waals surface area contributed by atoms with E-state index in [-0.39, 0.29) is 17.0 Å². The summed E-state index contributed by atoms with van der Waals surface area (Å²) in [5.74, 6) is -3.12. The van der Waals surface area contributed by atoms with Crippen LogP contribution in [0.25, 0.3) is 11.4 Å². The van der Waals surface area contributed by atoms with Crippen LogP contribution in [0.2, 0.25) is 0 Å². The van der Waals surface area contributed by atoms with Gasteiger partial charge in [-0.1, -0.05) is 0 Å². The maximum atomic E-state index is 13.2. The van der Waals surface area contributed by atoms with E-state index in [0.717, 1.165) is 6.07 Å². The lowest BCUT2D eigenvalue weighted by Gasteiger charge is -2.06. The summed E-state index contributed by atoms with van der Waals surface area (Å²) in [5.41, 5.74) is -0.367. The lowest BCUT2D eigenvalue weighted by molar-refractivity contribution is 0.0697. The monoisotopic (exact) mass is 253 g/mol. The number of carboxylic acid groups (broad SMARTS) is 1. The number of aromatic carboxylic acids is 1. The summed E-state index contributed by atoms with van der Waals surface area (Å²) in [6.07, 6.45) is 0. The molecule has 0 aliphatic carbocycles. The number of benzene rings is 1. The Morgan fingerprint density at radius 3 is 2.44 bits per heavy atom. The minimum Gasteiger partial charge on any atom is -0.478 e. The molecule has 94 valence electrons. The van der Waals surface area contributed by atoms with Crippen LogP contribution in [0.4, 0.5) is 8.78 Å². The van der Waals surface area contributed by atoms with E-state index in [4.69, 9.17) is 5.11 Å². The SMILES string of the molecule is Cc1nc(-c2cc(F)c(F)cc2C(=O)O)n(C)n1. The Labute approximate surface area is 101 Å². The average Bonchev–Trinajstić information content (AvgIpc) is 2.61. The Kier molecular flexibility index (Phi) is 2.82. The largest absolute Gasteiger partial charge is 0.478 e. The van der Waals surface area contributed by atoms with E-state index in [1.807, 2.05) is 0 Å². The minimum absolute atomic E-state index is 0.00972. The highest BCUT2D eigenvalue weighted by molar-refractivity contribution is 5.95. The van der Waals surface area contributed by atoms with E-state index in [2.05, 4.69) is 10.1 Å². The summed E-state index contributed by atoms with van der Waals surface area (Å²) < 4.78 is 27.6. The van der Waals surface area contributed by atoms with Gasteiger partial charge in [0, 0.05) is 12.6 Å². The second-order valence-electron chi connectivity index (χ2n) is 3.72. The van der Waals surface area contributed by atoms with Crippen molar-refractivity contribution in [3.05, 3.63) is 35.2 Å². The van der Waals surface area contributed by atoms with Crippen molar-refractivity contribution >= 4 is 5.97 Å². The molecule has 0 radical (unpaired) electrons. The van der Waals surface area contributed by atoms with E-state index in [1.54, 1.807) is 14.0 Å². The Balaban J connectivity index is 2.73. The highest BCUT2D eigenvalue weighted by atomic mass is 19.2. The molecule has 5 nitrogen and oxygen atoms in total. The molecule has 18 heavy (non-hydrogen) atoms. The first-order valence-corrected chi connectivity index (χ1v) is 5.00. The first-order chi connectivity index (χ1) is 8.40. The number of halogens is 2. The van der Waals surface area contributed by atoms with Crippen LogP contribution in [0.1, 0.15) is 16.2 Å². The molecular formula is C11H9F2N3O2. The maximum absolute atomic E-state index is 13.2. The fraction of sp³-hybridized carbons (Fsp3) is 0.182. The summed E-state index contributed by atoms with van der Waals surface area (Å²) in [6, 6.07) is 1.44. The van der Waals surface area contributed by atoms with Gasteiger partial charge in [0.25, 0.3) is 0 Å². The molecule has 0 saturated heterocycles. The van der Waals surface area contributed by atoms with E-state index in [0.29, 0.717) is 11.9 Å². The highest BCUT2D eigenvalue weighted by Gasteiger charge is 2.20. The zero-order valence-corrected chi connectivity index (χ0v) is 9.61. The summed E-state index contributed by atoms with van der Waals surface area (Å²) in [4.78, 5) is 15.0. The number of aryl methyl sites for hydroxylation is 2. The number of rotatable bonds is 2. The summed E-state index contributed by atoms with van der Waals surface area (Å²) >= 11 is 0. The third-order valence-electron chi connectivity index (χ3n) is 2.40. The first-order valence-electron chi connectivity index (χ1n) is 5.00. The predicted molar refractivity (Wildman–Crippen MR) is 58.1 cm³/mol. The molecule has 0 fully saturated rings. The smallest absolute Gasteiger partial charge is 0.336 e. The van der Waals surface area contributed by atoms with Gasteiger partial charge in [0.05, 0.1) is 5.56 Å². The molecule has 0 aliphatic rings. The van der Waals surface area contributed by atoms with Crippen LogP contribution in [0.15, 0.2) is 12.1 Å². The molecule has 0 atom stereocenters. The molecule has 0 saturated carbocycles. The number of carbonyl (C=O) groups is 1. The number of hydrogen-bond acceptors (Lipinski definition) is 3. The summed E-state index contributed by atoms with van der Waals surface area (Å²) in [7, 11) is 1.54. The molecule has 2 aromatic rings. The zero-order valence-electron chi connectivity index (χ0n) is 9.61. The standard InChI is InChI=1S/C11H9F2N3O2/c1-5-14-10(16(2)15-5)6-3-8(12)9(13)4-7(6)11(17)18/h3-4H,1-2H3,(H,17,18). The van der Waals surface area contributed by atoms with Crippen molar-refractivity contribution in [1.82, 2.24) is 14.8 Å².